The van der Waals surface area contributed by atoms with Crippen LogP contribution in [0, 0.1) is 34.9 Å². The number of benzene rings is 4. The fourth-order valence-electron chi connectivity index (χ4n) is 6.74. The van der Waals surface area contributed by atoms with Gasteiger partial charge in [-0.3, -0.25) is 10.3 Å². The number of aromatic nitrogens is 8. The highest BCUT2D eigenvalue weighted by Crippen LogP contribution is 2.29. The van der Waals surface area contributed by atoms with Crippen molar-refractivity contribution in [2.75, 3.05) is 11.5 Å². The summed E-state index contributed by atoms with van der Waals surface area (Å²) in [5.74, 6) is 0.187. The summed E-state index contributed by atoms with van der Waals surface area (Å²) in [5, 5.41) is 26.4. The van der Waals surface area contributed by atoms with Crippen molar-refractivity contribution in [3.05, 3.63) is 202 Å². The number of amidine groups is 1. The summed E-state index contributed by atoms with van der Waals surface area (Å²) in [5.41, 5.74) is 23.9. The van der Waals surface area contributed by atoms with E-state index in [2.05, 4.69) is 35.0 Å². The maximum absolute atomic E-state index is 14.2. The second-order valence-corrected chi connectivity index (χ2v) is 14.3. The topological polar surface area (TPSA) is 217 Å². The zero-order valence-corrected chi connectivity index (χ0v) is 34.2. The third-order valence-corrected chi connectivity index (χ3v) is 9.91. The molecular weight excluding hydrogens is 823 g/mol. The number of halogens is 2. The number of hydrogen-bond acceptors (Lipinski definition) is 10. The van der Waals surface area contributed by atoms with E-state index in [4.69, 9.17) is 34.4 Å². The van der Waals surface area contributed by atoms with E-state index in [1.165, 1.54) is 12.1 Å². The van der Waals surface area contributed by atoms with Gasteiger partial charge in [-0.1, -0.05) is 104 Å². The first-order valence-corrected chi connectivity index (χ1v) is 19.8. The number of nitriles is 1. The monoisotopic (exact) mass is 866 g/mol. The molecule has 0 saturated heterocycles. The molecule has 0 radical (unpaired) electrons. The lowest BCUT2D eigenvalue weighted by molar-refractivity contribution is 0.589. The number of anilines is 2. The number of nitrogens with one attached hydrogen (secondary N) is 1. The number of pyridine rings is 2. The van der Waals surface area contributed by atoms with Crippen LogP contribution in [0.15, 0.2) is 146 Å². The molecule has 0 aliphatic rings. The van der Waals surface area contributed by atoms with Crippen molar-refractivity contribution in [1.82, 2.24) is 39.5 Å². The number of nitrogen functional groups attached to an aromatic ring is 3. The van der Waals surface area contributed by atoms with Gasteiger partial charge in [0.1, 0.15) is 40.5 Å². The summed E-state index contributed by atoms with van der Waals surface area (Å²) in [4.78, 5) is 20.9. The molecular formula is C49H44F2N14. The lowest BCUT2D eigenvalue weighted by Gasteiger charge is -2.09. The smallest absolute Gasteiger partial charge is 0.311 e. The molecule has 4 aromatic carbocycles. The highest BCUT2D eigenvalue weighted by molar-refractivity contribution is 6.04. The molecule has 0 saturated carbocycles. The summed E-state index contributed by atoms with van der Waals surface area (Å²) in [6.45, 7) is 7.17. The van der Waals surface area contributed by atoms with E-state index in [9.17, 15) is 8.78 Å². The summed E-state index contributed by atoms with van der Waals surface area (Å²) >= 11 is 0. The Morgan fingerprint density at radius 2 is 1.18 bits per heavy atom. The molecule has 5 heterocycles. The van der Waals surface area contributed by atoms with Crippen molar-refractivity contribution in [3.8, 4) is 17.6 Å². The molecule has 5 aromatic heterocycles. The molecule has 65 heavy (non-hydrogen) atoms. The molecule has 7 N–H and O–H groups in total. The summed E-state index contributed by atoms with van der Waals surface area (Å²) in [6, 6.07) is 41.2. The first kappa shape index (κ1) is 45.6. The maximum atomic E-state index is 14.2. The number of hydrogen-bond donors (Lipinski definition) is 4. The third kappa shape index (κ3) is 11.0. The Labute approximate surface area is 374 Å². The quantitative estimate of drug-likeness (QED) is 0.0584. The predicted octanol–water partition coefficient (Wildman–Crippen LogP) is 8.41. The van der Waals surface area contributed by atoms with Gasteiger partial charge in [-0.2, -0.15) is 15.5 Å². The van der Waals surface area contributed by atoms with Crippen LogP contribution < -0.4 is 17.2 Å². The molecule has 0 aliphatic carbocycles. The van der Waals surface area contributed by atoms with E-state index in [1.807, 2.05) is 72.8 Å². The van der Waals surface area contributed by atoms with Crippen molar-refractivity contribution in [3.63, 3.8) is 0 Å². The first-order chi connectivity index (χ1) is 31.1. The summed E-state index contributed by atoms with van der Waals surface area (Å²) < 4.78 is 31.1. The fourth-order valence-corrected chi connectivity index (χ4v) is 6.74. The van der Waals surface area contributed by atoms with Crippen LogP contribution >= 0.6 is 0 Å². The Hall–Kier alpha value is -8.89. The predicted molar refractivity (Wildman–Crippen MR) is 249 cm³/mol. The van der Waals surface area contributed by atoms with E-state index in [-0.39, 0.29) is 38.0 Å². The molecule has 9 aromatic rings. The molecule has 324 valence electrons. The van der Waals surface area contributed by atoms with Gasteiger partial charge in [0.25, 0.3) is 0 Å². The van der Waals surface area contributed by atoms with Crippen molar-refractivity contribution < 1.29 is 8.78 Å². The second kappa shape index (κ2) is 21.3. The van der Waals surface area contributed by atoms with Crippen LogP contribution in [0.25, 0.3) is 38.4 Å². The molecule has 0 aliphatic heterocycles. The highest BCUT2D eigenvalue weighted by atomic mass is 19.1. The van der Waals surface area contributed by atoms with Crippen LogP contribution in [0.1, 0.15) is 40.9 Å². The molecule has 16 heteroatoms. The molecule has 1 unspecified atom stereocenters. The zero-order chi connectivity index (χ0) is 45.0. The largest absolute Gasteiger partial charge is 0.383 e. The number of rotatable bonds is 10. The van der Waals surface area contributed by atoms with Gasteiger partial charge in [0.2, 0.25) is 0 Å². The number of fused-ring (bicyclic) bond motifs is 2. The van der Waals surface area contributed by atoms with Crippen LogP contribution in [0.3, 0.4) is 0 Å². The molecule has 9 rings (SSSR count). The SMILES string of the molecule is C.N=C(N)c1nn(Cc2ccccc2F)c2ncccc12.Nc1nc(-c2nn(Cc3ccccc3F)c3ncccc23)nc(N)c1Cc1ccccc1.[C-]#[N+]C(C#N)Cc1ccccc1. The summed E-state index contributed by atoms with van der Waals surface area (Å²) in [7, 11) is 0. The average molecular weight is 867 g/mol. The van der Waals surface area contributed by atoms with E-state index < -0.39 is 6.04 Å². The normalized spacial score (nSPS) is 10.9. The Morgan fingerprint density at radius 3 is 1.71 bits per heavy atom. The van der Waals surface area contributed by atoms with Crippen LogP contribution in [-0.4, -0.2) is 51.4 Å². The lowest BCUT2D eigenvalue weighted by Crippen LogP contribution is -2.13. The van der Waals surface area contributed by atoms with Gasteiger partial charge >= 0.3 is 6.04 Å². The maximum Gasteiger partial charge on any atom is 0.311 e. The molecule has 0 fully saturated rings. The van der Waals surface area contributed by atoms with Gasteiger partial charge in [0, 0.05) is 35.5 Å². The zero-order valence-electron chi connectivity index (χ0n) is 34.2. The molecule has 0 amide bonds. The van der Waals surface area contributed by atoms with Crippen molar-refractivity contribution in [2.45, 2.75) is 39.4 Å². The van der Waals surface area contributed by atoms with E-state index in [0.717, 1.165) is 16.5 Å². The number of nitrogens with two attached hydrogens (primary N) is 3. The minimum absolute atomic E-state index is 0. The van der Waals surface area contributed by atoms with E-state index in [0.29, 0.717) is 75.1 Å². The van der Waals surface area contributed by atoms with Gasteiger partial charge in [0.15, 0.2) is 23.2 Å². The van der Waals surface area contributed by atoms with Crippen LogP contribution in [0.4, 0.5) is 20.4 Å². The van der Waals surface area contributed by atoms with Gasteiger partial charge in [-0.05, 0) is 47.5 Å². The Balaban J connectivity index is 0.000000181. The first-order valence-electron chi connectivity index (χ1n) is 19.8. The van der Waals surface area contributed by atoms with Gasteiger partial charge in [-0.25, -0.2) is 44.7 Å². The molecule has 0 spiro atoms. The molecule has 1 atom stereocenters. The van der Waals surface area contributed by atoms with E-state index in [1.54, 1.807) is 76.4 Å². The Morgan fingerprint density at radius 1 is 0.692 bits per heavy atom. The van der Waals surface area contributed by atoms with Gasteiger partial charge < -0.3 is 17.2 Å². The van der Waals surface area contributed by atoms with Crippen molar-refractivity contribution >= 4 is 39.5 Å². The van der Waals surface area contributed by atoms with Gasteiger partial charge in [-0.15, -0.1) is 0 Å². The standard InChI is InChI=1S/C24H20FN7.C14H12FN5.C10H8N2.CH4/c25-19-11-5-4-9-16(19)14-32-24-17(10-6-12-28-24)20(31-32)23-29-21(26)18(22(27)30-23)13-15-7-2-1-3-8-15;15-11-6-2-1-4-9(11)8-20-14-10(5-3-7-18-14)12(19-20)13(16)17;1-12-10(8-11)7-9-5-3-2-4-6-9;/h1-12H,13-14H2,(H4,26,27,29,30);1-7H,8H2,(H3,16,17);2-6,10H,7H2;1H4. The highest BCUT2D eigenvalue weighted by Gasteiger charge is 2.20. The van der Waals surface area contributed by atoms with E-state index >= 15 is 0 Å². The van der Waals surface area contributed by atoms with Crippen LogP contribution in [0.2, 0.25) is 0 Å². The fraction of sp³-hybridized carbons (Fsp3) is 0.122. The van der Waals surface area contributed by atoms with Gasteiger partial charge in [0.05, 0.1) is 30.3 Å². The third-order valence-electron chi connectivity index (χ3n) is 9.91. The minimum atomic E-state index is -0.535. The van der Waals surface area contributed by atoms with Crippen LogP contribution in [-0.2, 0) is 25.9 Å². The van der Waals surface area contributed by atoms with Crippen LogP contribution in [0.5, 0.6) is 0 Å². The number of nitrogens with zero attached hydrogens (tertiary/aromatic N) is 10. The summed E-state index contributed by atoms with van der Waals surface area (Å²) in [6.07, 6.45) is 4.35. The minimum Gasteiger partial charge on any atom is -0.383 e. The van der Waals surface area contributed by atoms with Crippen molar-refractivity contribution in [2.24, 2.45) is 5.73 Å². The molecule has 0 bridgehead atoms. The Kier molecular flexibility index (Phi) is 14.9. The Bertz CT molecular complexity index is 3100. The lowest BCUT2D eigenvalue weighted by atomic mass is 10.1. The van der Waals surface area contributed by atoms with Crippen molar-refractivity contribution in [1.29, 1.82) is 10.7 Å². The average Bonchev–Trinajstić information content (AvgIpc) is 3.88. The second-order valence-electron chi connectivity index (χ2n) is 14.3. The molecule has 14 nitrogen and oxygen atoms in total.